The van der Waals surface area contributed by atoms with Crippen molar-refractivity contribution < 1.29 is 9.84 Å². The fourth-order valence-corrected chi connectivity index (χ4v) is 2.65. The fourth-order valence-electron chi connectivity index (χ4n) is 2.65. The fraction of sp³-hybridized carbons (Fsp3) is 0.412. The van der Waals surface area contributed by atoms with Crippen molar-refractivity contribution in [2.24, 2.45) is 5.92 Å². The average Bonchev–Trinajstić information content (AvgIpc) is 2.45. The van der Waals surface area contributed by atoms with Gasteiger partial charge >= 0.3 is 0 Å². The third-order valence-corrected chi connectivity index (χ3v) is 3.74. The van der Waals surface area contributed by atoms with Gasteiger partial charge in [-0.1, -0.05) is 50.6 Å². The summed E-state index contributed by atoms with van der Waals surface area (Å²) in [5, 5.41) is 12.7. The van der Waals surface area contributed by atoms with Crippen LogP contribution in [0.25, 0.3) is 10.8 Å². The van der Waals surface area contributed by atoms with E-state index in [2.05, 4.69) is 19.9 Å². The van der Waals surface area contributed by atoms with Gasteiger partial charge in [-0.15, -0.1) is 0 Å². The van der Waals surface area contributed by atoms with Gasteiger partial charge in [0.05, 0.1) is 13.2 Å². The topological polar surface area (TPSA) is 29.5 Å². The summed E-state index contributed by atoms with van der Waals surface area (Å²) >= 11 is 0. The van der Waals surface area contributed by atoms with Gasteiger partial charge in [-0.2, -0.15) is 0 Å². The summed E-state index contributed by atoms with van der Waals surface area (Å²) in [4.78, 5) is 0. The van der Waals surface area contributed by atoms with Crippen molar-refractivity contribution in [1.29, 1.82) is 0 Å². The van der Waals surface area contributed by atoms with Gasteiger partial charge in [-0.05, 0) is 29.4 Å². The molecule has 102 valence electrons. The largest absolute Gasteiger partial charge is 0.496 e. The summed E-state index contributed by atoms with van der Waals surface area (Å²) < 4.78 is 5.39. The maximum Gasteiger partial charge on any atom is 0.126 e. The minimum Gasteiger partial charge on any atom is -0.496 e. The first kappa shape index (κ1) is 13.9. The molecule has 2 nitrogen and oxygen atoms in total. The molecule has 0 aliphatic carbocycles. The molecule has 0 aliphatic heterocycles. The van der Waals surface area contributed by atoms with E-state index >= 15 is 0 Å². The highest BCUT2D eigenvalue weighted by molar-refractivity contribution is 5.91. The first-order chi connectivity index (χ1) is 9.19. The van der Waals surface area contributed by atoms with Crippen LogP contribution < -0.4 is 4.74 Å². The average molecular weight is 258 g/mol. The third-order valence-electron chi connectivity index (χ3n) is 3.74. The summed E-state index contributed by atoms with van der Waals surface area (Å²) in [6.45, 7) is 4.25. The molecule has 0 aromatic heterocycles. The van der Waals surface area contributed by atoms with Gasteiger partial charge in [-0.3, -0.25) is 0 Å². The Morgan fingerprint density at radius 2 is 1.79 bits per heavy atom. The van der Waals surface area contributed by atoms with Crippen LogP contribution >= 0.6 is 0 Å². The lowest BCUT2D eigenvalue weighted by molar-refractivity contribution is 0.113. The number of benzene rings is 2. The number of aliphatic hydroxyl groups excluding tert-OH is 1. The van der Waals surface area contributed by atoms with E-state index in [-0.39, 0.29) is 5.92 Å². The molecule has 19 heavy (non-hydrogen) atoms. The van der Waals surface area contributed by atoms with Crippen molar-refractivity contribution in [1.82, 2.24) is 0 Å². The highest BCUT2D eigenvalue weighted by atomic mass is 16.5. The third kappa shape index (κ3) is 2.74. The molecule has 1 N–H and O–H groups in total. The highest BCUT2D eigenvalue weighted by Gasteiger charge is 2.18. The van der Waals surface area contributed by atoms with Crippen molar-refractivity contribution >= 4 is 10.8 Å². The molecule has 0 aliphatic rings. The lowest BCUT2D eigenvalue weighted by Crippen LogP contribution is -2.09. The zero-order valence-electron chi connectivity index (χ0n) is 11.9. The molecule has 0 bridgehead atoms. The number of ether oxygens (including phenoxy) is 1. The molecule has 2 rings (SSSR count). The molecule has 2 aromatic carbocycles. The Balaban J connectivity index is 2.50. The quantitative estimate of drug-likeness (QED) is 0.865. The molecule has 0 heterocycles. The van der Waals surface area contributed by atoms with Crippen LogP contribution in [0.5, 0.6) is 5.75 Å². The van der Waals surface area contributed by atoms with Gasteiger partial charge in [0.2, 0.25) is 0 Å². The van der Waals surface area contributed by atoms with E-state index in [1.54, 1.807) is 7.11 Å². The SMILES string of the molecule is CCCC(C)C(O)c1ccc(OC)c2ccccc12. The molecule has 0 spiro atoms. The standard InChI is InChI=1S/C17H22O2/c1-4-7-12(2)17(18)15-10-11-16(19-3)14-9-6-5-8-13(14)15/h5-6,8-12,17-18H,4,7H2,1-3H3. The van der Waals surface area contributed by atoms with E-state index in [4.69, 9.17) is 4.74 Å². The predicted molar refractivity (Wildman–Crippen MR) is 79.5 cm³/mol. The second kappa shape index (κ2) is 6.07. The van der Waals surface area contributed by atoms with E-state index < -0.39 is 6.10 Å². The van der Waals surface area contributed by atoms with Gasteiger partial charge in [0.25, 0.3) is 0 Å². The van der Waals surface area contributed by atoms with E-state index in [0.717, 1.165) is 34.9 Å². The lowest BCUT2D eigenvalue weighted by Gasteiger charge is -2.21. The van der Waals surface area contributed by atoms with E-state index in [0.29, 0.717) is 0 Å². The van der Waals surface area contributed by atoms with Crippen LogP contribution in [0.15, 0.2) is 36.4 Å². The minimum absolute atomic E-state index is 0.266. The second-order valence-corrected chi connectivity index (χ2v) is 5.11. The first-order valence-electron chi connectivity index (χ1n) is 6.92. The zero-order chi connectivity index (χ0) is 13.8. The molecule has 2 unspecified atom stereocenters. The van der Waals surface area contributed by atoms with E-state index in [9.17, 15) is 5.11 Å². The second-order valence-electron chi connectivity index (χ2n) is 5.11. The maximum absolute atomic E-state index is 10.5. The molecule has 2 atom stereocenters. The smallest absolute Gasteiger partial charge is 0.126 e. The Labute approximate surface area is 115 Å². The maximum atomic E-state index is 10.5. The summed E-state index contributed by atoms with van der Waals surface area (Å²) in [5.41, 5.74) is 0.998. The zero-order valence-corrected chi connectivity index (χ0v) is 11.9. The Hall–Kier alpha value is -1.54. The number of aliphatic hydroxyl groups is 1. The van der Waals surface area contributed by atoms with E-state index in [1.165, 1.54) is 0 Å². The molecule has 0 amide bonds. The normalized spacial score (nSPS) is 14.3. The number of hydrogen-bond donors (Lipinski definition) is 1. The molecule has 0 saturated carbocycles. The Morgan fingerprint density at radius 1 is 1.11 bits per heavy atom. The van der Waals surface area contributed by atoms with Crippen molar-refractivity contribution in [3.8, 4) is 5.75 Å². The van der Waals surface area contributed by atoms with Crippen molar-refractivity contribution in [2.75, 3.05) is 7.11 Å². The van der Waals surface area contributed by atoms with Crippen LogP contribution in [0.4, 0.5) is 0 Å². The molecule has 2 aromatic rings. The van der Waals surface area contributed by atoms with Crippen LogP contribution in [0, 0.1) is 5.92 Å². The van der Waals surface area contributed by atoms with E-state index in [1.807, 2.05) is 30.3 Å². The van der Waals surface area contributed by atoms with Crippen molar-refractivity contribution in [2.45, 2.75) is 32.8 Å². The molecule has 0 fully saturated rings. The van der Waals surface area contributed by atoms with Gasteiger partial charge in [0.15, 0.2) is 0 Å². The summed E-state index contributed by atoms with van der Waals surface area (Å²) in [6, 6.07) is 12.0. The predicted octanol–water partition coefficient (Wildman–Crippen LogP) is 4.32. The Bertz CT molecular complexity index is 548. The lowest BCUT2D eigenvalue weighted by atomic mass is 9.90. The monoisotopic (exact) mass is 258 g/mol. The van der Waals surface area contributed by atoms with Crippen LogP contribution in [-0.2, 0) is 0 Å². The number of methoxy groups -OCH3 is 1. The first-order valence-corrected chi connectivity index (χ1v) is 6.92. The van der Waals surface area contributed by atoms with Gasteiger partial charge in [-0.25, -0.2) is 0 Å². The molecule has 0 radical (unpaired) electrons. The van der Waals surface area contributed by atoms with Gasteiger partial charge in [0, 0.05) is 5.39 Å². The minimum atomic E-state index is -0.421. The number of rotatable bonds is 5. The van der Waals surface area contributed by atoms with Crippen LogP contribution in [0.3, 0.4) is 0 Å². The van der Waals surface area contributed by atoms with Gasteiger partial charge < -0.3 is 9.84 Å². The number of fused-ring (bicyclic) bond motifs is 1. The Kier molecular flexibility index (Phi) is 4.43. The molecular weight excluding hydrogens is 236 g/mol. The summed E-state index contributed by atoms with van der Waals surface area (Å²) in [6.07, 6.45) is 1.70. The van der Waals surface area contributed by atoms with Crippen LogP contribution in [-0.4, -0.2) is 12.2 Å². The summed E-state index contributed by atoms with van der Waals surface area (Å²) in [5.74, 6) is 1.12. The summed E-state index contributed by atoms with van der Waals surface area (Å²) in [7, 11) is 1.68. The molecular formula is C17H22O2. The van der Waals surface area contributed by atoms with Crippen molar-refractivity contribution in [3.63, 3.8) is 0 Å². The highest BCUT2D eigenvalue weighted by Crippen LogP contribution is 2.35. The van der Waals surface area contributed by atoms with Crippen LogP contribution in [0.2, 0.25) is 0 Å². The van der Waals surface area contributed by atoms with Gasteiger partial charge in [0.1, 0.15) is 5.75 Å². The van der Waals surface area contributed by atoms with Crippen LogP contribution in [0.1, 0.15) is 38.4 Å². The number of hydrogen-bond acceptors (Lipinski definition) is 2. The Morgan fingerprint density at radius 3 is 2.42 bits per heavy atom. The molecule has 2 heteroatoms. The van der Waals surface area contributed by atoms with Crippen molar-refractivity contribution in [3.05, 3.63) is 42.0 Å². The molecule has 0 saturated heterocycles.